The van der Waals surface area contributed by atoms with Gasteiger partial charge in [-0.05, 0) is 36.7 Å². The van der Waals surface area contributed by atoms with Crippen LogP contribution in [-0.2, 0) is 0 Å². The van der Waals surface area contributed by atoms with E-state index in [9.17, 15) is 4.39 Å². The van der Waals surface area contributed by atoms with E-state index >= 15 is 0 Å². The van der Waals surface area contributed by atoms with Gasteiger partial charge < -0.3 is 11.1 Å². The van der Waals surface area contributed by atoms with Gasteiger partial charge in [-0.3, -0.25) is 0 Å². The summed E-state index contributed by atoms with van der Waals surface area (Å²) in [4.78, 5) is 0. The Balaban J connectivity index is 2.81. The summed E-state index contributed by atoms with van der Waals surface area (Å²) in [5.74, 6) is -0.325. The van der Waals surface area contributed by atoms with Crippen LogP contribution >= 0.6 is 11.6 Å². The molecule has 0 fully saturated rings. The van der Waals surface area contributed by atoms with Crippen LogP contribution in [0.4, 0.5) is 4.39 Å². The summed E-state index contributed by atoms with van der Waals surface area (Å²) in [6.07, 6.45) is 1.01. The highest BCUT2D eigenvalue weighted by Crippen LogP contribution is 2.19. The van der Waals surface area contributed by atoms with Crippen molar-refractivity contribution < 1.29 is 4.39 Å². The molecule has 0 aliphatic carbocycles. The number of benzene rings is 1. The molecule has 0 aliphatic heterocycles. The standard InChI is InChI=1S/C11H16ClFN2/c1-2-3-15-11(7-14)8-4-9(12)6-10(13)5-8/h4-6,11,15H,2-3,7,14H2,1H3. The maximum atomic E-state index is 13.1. The Kier molecular flexibility index (Phi) is 5.02. The Hall–Kier alpha value is -0.640. The molecule has 0 aromatic heterocycles. The van der Waals surface area contributed by atoms with E-state index in [2.05, 4.69) is 12.2 Å². The Labute approximate surface area is 94.6 Å². The zero-order valence-corrected chi connectivity index (χ0v) is 9.52. The lowest BCUT2D eigenvalue weighted by atomic mass is 10.1. The van der Waals surface area contributed by atoms with E-state index in [1.165, 1.54) is 12.1 Å². The maximum Gasteiger partial charge on any atom is 0.125 e. The van der Waals surface area contributed by atoms with E-state index in [0.29, 0.717) is 11.6 Å². The molecule has 15 heavy (non-hydrogen) atoms. The van der Waals surface area contributed by atoms with Crippen molar-refractivity contribution in [3.8, 4) is 0 Å². The van der Waals surface area contributed by atoms with Crippen molar-refractivity contribution in [1.82, 2.24) is 5.32 Å². The minimum Gasteiger partial charge on any atom is -0.329 e. The van der Waals surface area contributed by atoms with Crippen molar-refractivity contribution in [1.29, 1.82) is 0 Å². The lowest BCUT2D eigenvalue weighted by Crippen LogP contribution is -2.28. The molecule has 0 amide bonds. The fraction of sp³-hybridized carbons (Fsp3) is 0.455. The van der Waals surface area contributed by atoms with Crippen LogP contribution in [0.1, 0.15) is 24.9 Å². The van der Waals surface area contributed by atoms with Gasteiger partial charge in [0.2, 0.25) is 0 Å². The molecule has 0 aliphatic rings. The molecule has 0 bridgehead atoms. The van der Waals surface area contributed by atoms with Crippen LogP contribution in [0.25, 0.3) is 0 Å². The molecule has 0 saturated carbocycles. The van der Waals surface area contributed by atoms with Crippen molar-refractivity contribution in [2.24, 2.45) is 5.73 Å². The van der Waals surface area contributed by atoms with Gasteiger partial charge in [0.25, 0.3) is 0 Å². The van der Waals surface area contributed by atoms with Crippen molar-refractivity contribution in [2.75, 3.05) is 13.1 Å². The molecule has 1 atom stereocenters. The highest BCUT2D eigenvalue weighted by atomic mass is 35.5. The van der Waals surface area contributed by atoms with Crippen LogP contribution in [0.5, 0.6) is 0 Å². The van der Waals surface area contributed by atoms with Gasteiger partial charge in [0.15, 0.2) is 0 Å². The summed E-state index contributed by atoms with van der Waals surface area (Å²) in [7, 11) is 0. The van der Waals surface area contributed by atoms with Gasteiger partial charge in [-0.15, -0.1) is 0 Å². The SMILES string of the molecule is CCCNC(CN)c1cc(F)cc(Cl)c1. The minimum atomic E-state index is -0.325. The van der Waals surface area contributed by atoms with Crippen molar-refractivity contribution in [3.63, 3.8) is 0 Å². The molecular weight excluding hydrogens is 215 g/mol. The summed E-state index contributed by atoms with van der Waals surface area (Å²) >= 11 is 5.78. The number of hydrogen-bond donors (Lipinski definition) is 2. The third-order valence-corrected chi connectivity index (χ3v) is 2.38. The van der Waals surface area contributed by atoms with Gasteiger partial charge >= 0.3 is 0 Å². The fourth-order valence-corrected chi connectivity index (χ4v) is 1.66. The first kappa shape index (κ1) is 12.4. The molecule has 3 N–H and O–H groups in total. The van der Waals surface area contributed by atoms with E-state index in [1.807, 2.05) is 0 Å². The highest BCUT2D eigenvalue weighted by molar-refractivity contribution is 6.30. The van der Waals surface area contributed by atoms with Gasteiger partial charge in [0.05, 0.1) is 0 Å². The average molecular weight is 231 g/mol. The first-order valence-electron chi connectivity index (χ1n) is 5.06. The van der Waals surface area contributed by atoms with Crippen LogP contribution in [0.15, 0.2) is 18.2 Å². The van der Waals surface area contributed by atoms with Gasteiger partial charge in [0.1, 0.15) is 5.82 Å². The zero-order valence-electron chi connectivity index (χ0n) is 8.76. The van der Waals surface area contributed by atoms with Crippen LogP contribution < -0.4 is 11.1 Å². The largest absolute Gasteiger partial charge is 0.329 e. The molecule has 84 valence electrons. The van der Waals surface area contributed by atoms with Crippen molar-refractivity contribution in [3.05, 3.63) is 34.6 Å². The maximum absolute atomic E-state index is 13.1. The van der Waals surface area contributed by atoms with E-state index in [0.717, 1.165) is 18.5 Å². The third kappa shape index (κ3) is 3.78. The zero-order chi connectivity index (χ0) is 11.3. The molecule has 1 aromatic carbocycles. The molecule has 4 heteroatoms. The predicted molar refractivity (Wildman–Crippen MR) is 61.5 cm³/mol. The first-order chi connectivity index (χ1) is 7.17. The molecule has 0 saturated heterocycles. The second kappa shape index (κ2) is 6.05. The topological polar surface area (TPSA) is 38.0 Å². The van der Waals surface area contributed by atoms with Crippen LogP contribution in [-0.4, -0.2) is 13.1 Å². The van der Waals surface area contributed by atoms with E-state index in [1.54, 1.807) is 6.07 Å². The minimum absolute atomic E-state index is 0.0295. The smallest absolute Gasteiger partial charge is 0.125 e. The summed E-state index contributed by atoms with van der Waals surface area (Å²) < 4.78 is 13.1. The number of rotatable bonds is 5. The van der Waals surface area contributed by atoms with Gasteiger partial charge in [-0.25, -0.2) is 4.39 Å². The average Bonchev–Trinajstić information content (AvgIpc) is 2.17. The lowest BCUT2D eigenvalue weighted by molar-refractivity contribution is 0.534. The molecule has 2 nitrogen and oxygen atoms in total. The Morgan fingerprint density at radius 3 is 2.73 bits per heavy atom. The Morgan fingerprint density at radius 2 is 2.20 bits per heavy atom. The summed E-state index contributed by atoms with van der Waals surface area (Å²) in [5, 5.41) is 3.64. The third-order valence-electron chi connectivity index (χ3n) is 2.16. The van der Waals surface area contributed by atoms with Crippen molar-refractivity contribution in [2.45, 2.75) is 19.4 Å². The number of nitrogens with two attached hydrogens (primary N) is 1. The Bertz CT molecular complexity index is 297. The normalized spacial score (nSPS) is 12.8. The molecular formula is C11H16ClFN2. The first-order valence-corrected chi connectivity index (χ1v) is 5.44. The molecule has 0 heterocycles. The summed E-state index contributed by atoms with van der Waals surface area (Å²) in [6.45, 7) is 3.36. The lowest BCUT2D eigenvalue weighted by Gasteiger charge is -2.17. The van der Waals surface area contributed by atoms with Crippen LogP contribution in [0, 0.1) is 5.82 Å². The number of nitrogens with one attached hydrogen (secondary N) is 1. The highest BCUT2D eigenvalue weighted by Gasteiger charge is 2.10. The molecule has 0 spiro atoms. The van der Waals surface area contributed by atoms with Gasteiger partial charge in [0, 0.05) is 17.6 Å². The van der Waals surface area contributed by atoms with E-state index < -0.39 is 0 Å². The van der Waals surface area contributed by atoms with Crippen LogP contribution in [0.3, 0.4) is 0 Å². The number of hydrogen-bond acceptors (Lipinski definition) is 2. The molecule has 1 unspecified atom stereocenters. The van der Waals surface area contributed by atoms with Crippen molar-refractivity contribution >= 4 is 11.6 Å². The van der Waals surface area contributed by atoms with E-state index in [-0.39, 0.29) is 11.9 Å². The van der Waals surface area contributed by atoms with E-state index in [4.69, 9.17) is 17.3 Å². The Morgan fingerprint density at radius 1 is 1.47 bits per heavy atom. The molecule has 0 radical (unpaired) electrons. The number of halogens is 2. The van der Waals surface area contributed by atoms with Crippen LogP contribution in [0.2, 0.25) is 5.02 Å². The monoisotopic (exact) mass is 230 g/mol. The van der Waals surface area contributed by atoms with Gasteiger partial charge in [-0.2, -0.15) is 0 Å². The second-order valence-corrected chi connectivity index (χ2v) is 3.88. The fourth-order valence-electron chi connectivity index (χ4n) is 1.43. The quantitative estimate of drug-likeness (QED) is 0.816. The van der Waals surface area contributed by atoms with Gasteiger partial charge in [-0.1, -0.05) is 18.5 Å². The molecule has 1 aromatic rings. The summed E-state index contributed by atoms with van der Waals surface area (Å²) in [5.41, 5.74) is 6.42. The second-order valence-electron chi connectivity index (χ2n) is 3.45. The molecule has 1 rings (SSSR count). The summed E-state index contributed by atoms with van der Waals surface area (Å²) in [6, 6.07) is 4.47. The predicted octanol–water partition coefficient (Wildman–Crippen LogP) is 2.48.